The molecule has 5 heteroatoms. The van der Waals surface area contributed by atoms with Crippen molar-refractivity contribution in [1.82, 2.24) is 9.55 Å². The zero-order valence-electron chi connectivity index (χ0n) is 8.26. The van der Waals surface area contributed by atoms with Crippen molar-refractivity contribution in [3.8, 4) is 0 Å². The highest BCUT2D eigenvalue weighted by Crippen LogP contribution is 2.04. The van der Waals surface area contributed by atoms with Crippen molar-refractivity contribution in [3.63, 3.8) is 0 Å². The molecule has 1 aromatic heterocycles. The minimum absolute atomic E-state index is 0.250. The Bertz CT molecular complexity index is 433. The van der Waals surface area contributed by atoms with Gasteiger partial charge in [0.15, 0.2) is 0 Å². The van der Waals surface area contributed by atoms with Crippen molar-refractivity contribution in [2.45, 2.75) is 33.2 Å². The quantitative estimate of drug-likeness (QED) is 0.894. The molecule has 0 atom stereocenters. The number of unbranched alkanes of at least 4 members (excludes halogenated alkanes) is 1. The van der Waals surface area contributed by atoms with Gasteiger partial charge in [-0.25, -0.2) is 4.79 Å². The van der Waals surface area contributed by atoms with Crippen LogP contribution in [0.25, 0.3) is 0 Å². The maximum absolute atomic E-state index is 11.6. The van der Waals surface area contributed by atoms with Gasteiger partial charge >= 0.3 is 5.69 Å². The summed E-state index contributed by atoms with van der Waals surface area (Å²) in [6.45, 7) is 4.18. The molecule has 1 heterocycles. The highest BCUT2D eigenvalue weighted by Gasteiger charge is 2.07. The van der Waals surface area contributed by atoms with E-state index in [1.807, 2.05) is 6.92 Å². The summed E-state index contributed by atoms with van der Waals surface area (Å²) in [5.41, 5.74) is -0.00315. The molecule has 0 radical (unpaired) electrons. The van der Waals surface area contributed by atoms with Crippen molar-refractivity contribution in [1.29, 1.82) is 0 Å². The minimum atomic E-state index is -0.329. The van der Waals surface area contributed by atoms with E-state index in [9.17, 15) is 9.59 Å². The van der Waals surface area contributed by atoms with Gasteiger partial charge < -0.3 is 4.98 Å². The lowest BCUT2D eigenvalue weighted by Crippen LogP contribution is -2.36. The van der Waals surface area contributed by atoms with Crippen molar-refractivity contribution in [3.05, 3.63) is 31.0 Å². The van der Waals surface area contributed by atoms with E-state index in [0.717, 1.165) is 12.8 Å². The number of aryl methyl sites for hydroxylation is 1. The summed E-state index contributed by atoms with van der Waals surface area (Å²) in [6.07, 6.45) is 1.79. The third kappa shape index (κ3) is 2.15. The molecule has 0 aliphatic rings. The molecule has 0 aromatic carbocycles. The molecule has 0 saturated carbocycles. The molecule has 14 heavy (non-hydrogen) atoms. The van der Waals surface area contributed by atoms with Gasteiger partial charge in [0.25, 0.3) is 5.56 Å². The van der Waals surface area contributed by atoms with Crippen molar-refractivity contribution in [2.75, 3.05) is 0 Å². The first-order chi connectivity index (χ1) is 6.57. The van der Waals surface area contributed by atoms with Gasteiger partial charge in [0.1, 0.15) is 4.47 Å². The van der Waals surface area contributed by atoms with Crippen LogP contribution in [0.15, 0.2) is 14.1 Å². The second-order valence-electron chi connectivity index (χ2n) is 3.18. The molecule has 0 aliphatic carbocycles. The summed E-state index contributed by atoms with van der Waals surface area (Å²) in [5.74, 6) is 0. The fraction of sp³-hybridized carbons (Fsp3) is 0.556. The lowest BCUT2D eigenvalue weighted by Gasteiger charge is -2.05. The number of nitrogens with one attached hydrogen (secondary N) is 1. The molecule has 0 unspecified atom stereocenters. The van der Waals surface area contributed by atoms with Gasteiger partial charge in [-0.05, 0) is 29.3 Å². The van der Waals surface area contributed by atoms with E-state index in [1.54, 1.807) is 6.92 Å². The largest absolute Gasteiger partial charge is 0.328 e. The van der Waals surface area contributed by atoms with Crippen LogP contribution in [0, 0.1) is 6.92 Å². The van der Waals surface area contributed by atoms with E-state index in [4.69, 9.17) is 0 Å². The topological polar surface area (TPSA) is 54.9 Å². The molecule has 4 nitrogen and oxygen atoms in total. The maximum Gasteiger partial charge on any atom is 0.328 e. The zero-order valence-corrected chi connectivity index (χ0v) is 9.85. The van der Waals surface area contributed by atoms with Crippen LogP contribution in [-0.4, -0.2) is 9.55 Å². The predicted molar refractivity (Wildman–Crippen MR) is 58.7 cm³/mol. The molecule has 0 aliphatic heterocycles. The van der Waals surface area contributed by atoms with Crippen LogP contribution < -0.4 is 11.2 Å². The number of hydrogen-bond donors (Lipinski definition) is 1. The smallest absolute Gasteiger partial charge is 0.310 e. The summed E-state index contributed by atoms with van der Waals surface area (Å²) in [5, 5.41) is 0. The van der Waals surface area contributed by atoms with Crippen LogP contribution in [0.2, 0.25) is 0 Å². The van der Waals surface area contributed by atoms with Gasteiger partial charge in [-0.1, -0.05) is 13.3 Å². The third-order valence-electron chi connectivity index (χ3n) is 2.04. The number of rotatable bonds is 3. The van der Waals surface area contributed by atoms with E-state index in [1.165, 1.54) is 4.57 Å². The van der Waals surface area contributed by atoms with Gasteiger partial charge in [0.05, 0.1) is 0 Å². The highest BCUT2D eigenvalue weighted by molar-refractivity contribution is 9.10. The number of halogens is 1. The van der Waals surface area contributed by atoms with Crippen molar-refractivity contribution < 1.29 is 0 Å². The molecular formula is C9H13BrN2O2. The molecule has 1 rings (SSSR count). The predicted octanol–water partition coefficient (Wildman–Crippen LogP) is 1.41. The SMILES string of the molecule is CCCCn1c(=O)[nH]c(C)c(Br)c1=O. The van der Waals surface area contributed by atoms with E-state index in [-0.39, 0.29) is 11.2 Å². The first-order valence-corrected chi connectivity index (χ1v) is 5.36. The molecule has 0 bridgehead atoms. The summed E-state index contributed by atoms with van der Waals surface area (Å²) < 4.78 is 1.66. The Balaban J connectivity index is 3.23. The summed E-state index contributed by atoms with van der Waals surface area (Å²) in [6, 6.07) is 0. The number of H-pyrrole nitrogens is 1. The zero-order chi connectivity index (χ0) is 10.7. The lowest BCUT2D eigenvalue weighted by molar-refractivity contribution is 0.578. The number of hydrogen-bond acceptors (Lipinski definition) is 2. The summed E-state index contributed by atoms with van der Waals surface area (Å²) >= 11 is 3.15. The number of aromatic amines is 1. The van der Waals surface area contributed by atoms with Crippen LogP contribution in [0.3, 0.4) is 0 Å². The molecule has 78 valence electrons. The van der Waals surface area contributed by atoms with Gasteiger partial charge in [-0.15, -0.1) is 0 Å². The molecule has 0 saturated heterocycles. The highest BCUT2D eigenvalue weighted by atomic mass is 79.9. The standard InChI is InChI=1S/C9H13BrN2O2/c1-3-4-5-12-8(13)7(10)6(2)11-9(12)14/h3-5H2,1-2H3,(H,11,14). The average Bonchev–Trinajstić information content (AvgIpc) is 2.14. The second kappa shape index (κ2) is 4.59. The van der Waals surface area contributed by atoms with Crippen LogP contribution in [0.5, 0.6) is 0 Å². The molecule has 0 amide bonds. The lowest BCUT2D eigenvalue weighted by atomic mass is 10.3. The first kappa shape index (κ1) is 11.2. The first-order valence-electron chi connectivity index (χ1n) is 4.57. The van der Waals surface area contributed by atoms with E-state index >= 15 is 0 Å². The summed E-state index contributed by atoms with van der Waals surface area (Å²) in [7, 11) is 0. The Hall–Kier alpha value is -0.840. The molecule has 1 aromatic rings. The minimum Gasteiger partial charge on any atom is -0.310 e. The fourth-order valence-corrected chi connectivity index (χ4v) is 1.49. The Morgan fingerprint density at radius 1 is 1.43 bits per heavy atom. The fourth-order valence-electron chi connectivity index (χ4n) is 1.17. The van der Waals surface area contributed by atoms with E-state index in [0.29, 0.717) is 16.7 Å². The third-order valence-corrected chi connectivity index (χ3v) is 2.97. The number of aromatic nitrogens is 2. The monoisotopic (exact) mass is 260 g/mol. The Morgan fingerprint density at radius 2 is 2.07 bits per heavy atom. The number of nitrogens with zero attached hydrogens (tertiary/aromatic N) is 1. The van der Waals surface area contributed by atoms with Crippen LogP contribution in [0.4, 0.5) is 0 Å². The van der Waals surface area contributed by atoms with Gasteiger partial charge in [0, 0.05) is 12.2 Å². The van der Waals surface area contributed by atoms with Crippen LogP contribution in [0.1, 0.15) is 25.5 Å². The van der Waals surface area contributed by atoms with E-state index in [2.05, 4.69) is 20.9 Å². The molecule has 0 spiro atoms. The van der Waals surface area contributed by atoms with Gasteiger partial charge in [-0.3, -0.25) is 9.36 Å². The van der Waals surface area contributed by atoms with Crippen LogP contribution >= 0.6 is 15.9 Å². The molecule has 1 N–H and O–H groups in total. The van der Waals surface area contributed by atoms with E-state index < -0.39 is 0 Å². The molecular weight excluding hydrogens is 248 g/mol. The average molecular weight is 261 g/mol. The normalized spacial score (nSPS) is 10.5. The van der Waals surface area contributed by atoms with Gasteiger partial charge in [0.2, 0.25) is 0 Å². The van der Waals surface area contributed by atoms with Crippen molar-refractivity contribution >= 4 is 15.9 Å². The Kier molecular flexibility index (Phi) is 3.69. The molecule has 0 fully saturated rings. The Labute approximate surface area is 90.1 Å². The maximum atomic E-state index is 11.6. The summed E-state index contributed by atoms with van der Waals surface area (Å²) in [4.78, 5) is 25.6. The van der Waals surface area contributed by atoms with Crippen molar-refractivity contribution in [2.24, 2.45) is 0 Å². The van der Waals surface area contributed by atoms with Gasteiger partial charge in [-0.2, -0.15) is 0 Å². The van der Waals surface area contributed by atoms with Crippen LogP contribution in [-0.2, 0) is 6.54 Å². The Morgan fingerprint density at radius 3 is 2.64 bits per heavy atom. The second-order valence-corrected chi connectivity index (χ2v) is 3.97.